The molecule has 2 heterocycles. The Morgan fingerprint density at radius 3 is 2.81 bits per heavy atom. The molecule has 1 aliphatic heterocycles. The molecule has 118 valence electrons. The number of hydrogen-bond donors (Lipinski definition) is 1. The van der Waals surface area contributed by atoms with Crippen LogP contribution in [0.1, 0.15) is 37.6 Å². The second kappa shape index (κ2) is 5.41. The van der Waals surface area contributed by atoms with Crippen molar-refractivity contribution in [1.29, 1.82) is 0 Å². The van der Waals surface area contributed by atoms with Crippen LogP contribution in [0.4, 0.5) is 0 Å². The highest BCUT2D eigenvalue weighted by atomic mass is 15.3. The zero-order valence-electron chi connectivity index (χ0n) is 14.0. The van der Waals surface area contributed by atoms with Crippen molar-refractivity contribution in [2.75, 3.05) is 33.7 Å². The van der Waals surface area contributed by atoms with Gasteiger partial charge in [0.2, 0.25) is 0 Å². The summed E-state index contributed by atoms with van der Waals surface area (Å²) in [5, 5.41) is 0. The standard InChI is InChI=1S/C17H30N4/c1-17(2)9-15(18)14-5-6-21(16(14)10-17)12-13-11-19(3)7-8-20(13)4/h5-6,13,15H,7-12,18H2,1-4H3. The number of fused-ring (bicyclic) bond motifs is 1. The highest BCUT2D eigenvalue weighted by Crippen LogP contribution is 2.40. The largest absolute Gasteiger partial charge is 0.349 e. The maximum atomic E-state index is 6.39. The zero-order valence-corrected chi connectivity index (χ0v) is 14.0. The number of aromatic nitrogens is 1. The normalized spacial score (nSPS) is 30.3. The van der Waals surface area contributed by atoms with Crippen molar-refractivity contribution in [3.63, 3.8) is 0 Å². The SMILES string of the molecule is CN1CCN(C)C(Cn2ccc3c2CC(C)(C)CC3N)C1. The number of rotatable bonds is 2. The maximum absolute atomic E-state index is 6.39. The lowest BCUT2D eigenvalue weighted by Gasteiger charge is -2.39. The van der Waals surface area contributed by atoms with Gasteiger partial charge in [0.05, 0.1) is 0 Å². The first-order valence-electron chi connectivity index (χ1n) is 8.18. The van der Waals surface area contributed by atoms with E-state index < -0.39 is 0 Å². The number of nitrogens with zero attached hydrogens (tertiary/aromatic N) is 3. The van der Waals surface area contributed by atoms with Crippen molar-refractivity contribution in [2.45, 2.75) is 45.3 Å². The van der Waals surface area contributed by atoms with Gasteiger partial charge in [0.25, 0.3) is 0 Å². The van der Waals surface area contributed by atoms with Crippen LogP contribution in [0.2, 0.25) is 0 Å². The van der Waals surface area contributed by atoms with E-state index in [4.69, 9.17) is 5.73 Å². The van der Waals surface area contributed by atoms with Crippen molar-refractivity contribution < 1.29 is 0 Å². The van der Waals surface area contributed by atoms with E-state index in [2.05, 4.69) is 54.6 Å². The van der Waals surface area contributed by atoms with Crippen molar-refractivity contribution in [3.8, 4) is 0 Å². The summed E-state index contributed by atoms with van der Waals surface area (Å²) in [4.78, 5) is 4.94. The highest BCUT2D eigenvalue weighted by molar-refractivity contribution is 5.30. The Balaban J connectivity index is 1.81. The van der Waals surface area contributed by atoms with Gasteiger partial charge in [0, 0.05) is 50.2 Å². The molecule has 2 N–H and O–H groups in total. The molecule has 0 amide bonds. The summed E-state index contributed by atoms with van der Waals surface area (Å²) >= 11 is 0. The fourth-order valence-corrected chi connectivity index (χ4v) is 3.99. The van der Waals surface area contributed by atoms with Gasteiger partial charge >= 0.3 is 0 Å². The summed E-state index contributed by atoms with van der Waals surface area (Å²) in [6.45, 7) is 9.25. The van der Waals surface area contributed by atoms with Crippen LogP contribution in [0.5, 0.6) is 0 Å². The van der Waals surface area contributed by atoms with E-state index in [1.807, 2.05) is 0 Å². The molecule has 0 spiro atoms. The van der Waals surface area contributed by atoms with Crippen molar-refractivity contribution in [2.24, 2.45) is 11.1 Å². The minimum absolute atomic E-state index is 0.205. The van der Waals surface area contributed by atoms with Crippen LogP contribution in [0.3, 0.4) is 0 Å². The van der Waals surface area contributed by atoms with Crippen LogP contribution in [-0.2, 0) is 13.0 Å². The van der Waals surface area contributed by atoms with E-state index >= 15 is 0 Å². The van der Waals surface area contributed by atoms with Crippen LogP contribution < -0.4 is 5.73 Å². The molecular formula is C17H30N4. The summed E-state index contributed by atoms with van der Waals surface area (Å²) < 4.78 is 2.47. The van der Waals surface area contributed by atoms with E-state index in [0.29, 0.717) is 11.5 Å². The molecule has 0 aromatic carbocycles. The van der Waals surface area contributed by atoms with Gasteiger partial charge in [-0.2, -0.15) is 0 Å². The second-order valence-electron chi connectivity index (χ2n) is 7.92. The summed E-state index contributed by atoms with van der Waals surface area (Å²) in [6, 6.07) is 3.06. The van der Waals surface area contributed by atoms with Gasteiger partial charge in [-0.3, -0.25) is 4.90 Å². The van der Waals surface area contributed by atoms with Crippen LogP contribution in [0.15, 0.2) is 12.3 Å². The minimum atomic E-state index is 0.205. The molecule has 2 aliphatic rings. The predicted molar refractivity (Wildman–Crippen MR) is 87.4 cm³/mol. The number of nitrogens with two attached hydrogens (primary N) is 1. The monoisotopic (exact) mass is 290 g/mol. The Labute approximate surface area is 128 Å². The summed E-state index contributed by atoms with van der Waals surface area (Å²) in [5.41, 5.74) is 9.55. The van der Waals surface area contributed by atoms with Crippen molar-refractivity contribution in [1.82, 2.24) is 14.4 Å². The molecule has 4 heteroatoms. The van der Waals surface area contributed by atoms with E-state index in [1.54, 1.807) is 0 Å². The first kappa shape index (κ1) is 15.1. The molecule has 1 saturated heterocycles. The quantitative estimate of drug-likeness (QED) is 0.901. The highest BCUT2D eigenvalue weighted by Gasteiger charge is 2.33. The molecule has 2 unspecified atom stereocenters. The molecule has 2 atom stereocenters. The minimum Gasteiger partial charge on any atom is -0.349 e. The average Bonchev–Trinajstić information content (AvgIpc) is 2.76. The smallest absolute Gasteiger partial charge is 0.0399 e. The summed E-state index contributed by atoms with van der Waals surface area (Å²) in [7, 11) is 4.48. The van der Waals surface area contributed by atoms with E-state index in [1.165, 1.54) is 17.8 Å². The lowest BCUT2D eigenvalue weighted by Crippen LogP contribution is -2.51. The molecule has 0 bridgehead atoms. The van der Waals surface area contributed by atoms with Crippen molar-refractivity contribution in [3.05, 3.63) is 23.5 Å². The number of likely N-dealkylation sites (N-methyl/N-ethyl adjacent to an activating group) is 2. The topological polar surface area (TPSA) is 37.4 Å². The molecule has 0 radical (unpaired) electrons. The van der Waals surface area contributed by atoms with Crippen LogP contribution in [-0.4, -0.2) is 54.1 Å². The Hall–Kier alpha value is -0.840. The predicted octanol–water partition coefficient (Wildman–Crippen LogP) is 1.71. The van der Waals surface area contributed by atoms with Crippen LogP contribution in [0, 0.1) is 5.41 Å². The Bertz CT molecular complexity index is 505. The third-order valence-corrected chi connectivity index (χ3v) is 5.32. The van der Waals surface area contributed by atoms with Gasteiger partial charge in [0.15, 0.2) is 0 Å². The van der Waals surface area contributed by atoms with E-state index in [-0.39, 0.29) is 6.04 Å². The Morgan fingerprint density at radius 1 is 1.29 bits per heavy atom. The first-order valence-corrected chi connectivity index (χ1v) is 8.18. The molecule has 1 aromatic heterocycles. The fourth-order valence-electron chi connectivity index (χ4n) is 3.99. The summed E-state index contributed by atoms with van der Waals surface area (Å²) in [5.74, 6) is 0. The lowest BCUT2D eigenvalue weighted by atomic mass is 9.74. The van der Waals surface area contributed by atoms with Gasteiger partial charge in [-0.25, -0.2) is 0 Å². The molecule has 0 saturated carbocycles. The van der Waals surface area contributed by atoms with Gasteiger partial charge < -0.3 is 15.2 Å². The number of hydrogen-bond acceptors (Lipinski definition) is 3. The van der Waals surface area contributed by atoms with Gasteiger partial charge in [-0.1, -0.05) is 13.8 Å². The maximum Gasteiger partial charge on any atom is 0.0399 e. The molecule has 4 nitrogen and oxygen atoms in total. The van der Waals surface area contributed by atoms with Gasteiger partial charge in [-0.15, -0.1) is 0 Å². The Kier molecular flexibility index (Phi) is 3.89. The molecule has 21 heavy (non-hydrogen) atoms. The molecular weight excluding hydrogens is 260 g/mol. The lowest BCUT2D eigenvalue weighted by molar-refractivity contribution is 0.102. The third-order valence-electron chi connectivity index (χ3n) is 5.32. The molecule has 1 aromatic rings. The zero-order chi connectivity index (χ0) is 15.2. The van der Waals surface area contributed by atoms with Gasteiger partial charge in [0.1, 0.15) is 0 Å². The average molecular weight is 290 g/mol. The van der Waals surface area contributed by atoms with Crippen LogP contribution in [0.25, 0.3) is 0 Å². The van der Waals surface area contributed by atoms with E-state index in [0.717, 1.165) is 32.5 Å². The van der Waals surface area contributed by atoms with Crippen LogP contribution >= 0.6 is 0 Å². The second-order valence-corrected chi connectivity index (χ2v) is 7.92. The Morgan fingerprint density at radius 2 is 2.05 bits per heavy atom. The molecule has 3 rings (SSSR count). The third kappa shape index (κ3) is 3.03. The molecule has 1 fully saturated rings. The summed E-state index contributed by atoms with van der Waals surface area (Å²) in [6.07, 6.45) is 4.50. The number of piperazine rings is 1. The van der Waals surface area contributed by atoms with Gasteiger partial charge in [-0.05, 0) is 44.0 Å². The van der Waals surface area contributed by atoms with E-state index in [9.17, 15) is 0 Å². The fraction of sp³-hybridized carbons (Fsp3) is 0.765. The first-order chi connectivity index (χ1) is 9.85. The molecule has 1 aliphatic carbocycles. The van der Waals surface area contributed by atoms with Crippen molar-refractivity contribution >= 4 is 0 Å².